The smallest absolute Gasteiger partial charge is 0.258 e. The van der Waals surface area contributed by atoms with Crippen molar-refractivity contribution in [3.63, 3.8) is 0 Å². The Hall–Kier alpha value is -3.13. The second-order valence-corrected chi connectivity index (χ2v) is 5.96. The highest BCUT2D eigenvalue weighted by Crippen LogP contribution is 2.32. The molecule has 120 valence electrons. The van der Waals surface area contributed by atoms with E-state index in [1.54, 1.807) is 31.2 Å². The molecule has 0 unspecified atom stereocenters. The Morgan fingerprint density at radius 3 is 2.25 bits per heavy atom. The van der Waals surface area contributed by atoms with E-state index in [0.717, 1.165) is 5.56 Å². The summed E-state index contributed by atoms with van der Waals surface area (Å²) >= 11 is 1.38. The van der Waals surface area contributed by atoms with Crippen LogP contribution in [0.25, 0.3) is 21.8 Å². The van der Waals surface area contributed by atoms with Crippen LogP contribution in [0.1, 0.15) is 5.56 Å². The van der Waals surface area contributed by atoms with Gasteiger partial charge in [0.25, 0.3) is 11.4 Å². The van der Waals surface area contributed by atoms with Gasteiger partial charge in [-0.3, -0.25) is 20.2 Å². The SMILES string of the molecule is Cc1ccc(-c2csc(-c3ccc([N+](=O)[O-])cc3)n2)cc1[N+](=O)[O-]. The lowest BCUT2D eigenvalue weighted by Crippen LogP contribution is -1.92. The molecule has 24 heavy (non-hydrogen) atoms. The van der Waals surface area contributed by atoms with Crippen molar-refractivity contribution >= 4 is 22.7 Å². The van der Waals surface area contributed by atoms with Crippen LogP contribution in [0.3, 0.4) is 0 Å². The molecule has 0 bridgehead atoms. The molecule has 0 aliphatic carbocycles. The van der Waals surface area contributed by atoms with E-state index in [0.29, 0.717) is 21.8 Å². The average molecular weight is 341 g/mol. The summed E-state index contributed by atoms with van der Waals surface area (Å²) in [6.07, 6.45) is 0. The Balaban J connectivity index is 1.95. The molecule has 0 radical (unpaired) electrons. The van der Waals surface area contributed by atoms with Gasteiger partial charge in [-0.15, -0.1) is 11.3 Å². The highest BCUT2D eigenvalue weighted by Gasteiger charge is 2.14. The summed E-state index contributed by atoms with van der Waals surface area (Å²) in [5.74, 6) is 0. The zero-order valence-corrected chi connectivity index (χ0v) is 13.3. The minimum absolute atomic E-state index is 0.0182. The van der Waals surface area contributed by atoms with Crippen LogP contribution in [0.2, 0.25) is 0 Å². The van der Waals surface area contributed by atoms with E-state index >= 15 is 0 Å². The zero-order chi connectivity index (χ0) is 17.3. The molecule has 7 nitrogen and oxygen atoms in total. The summed E-state index contributed by atoms with van der Waals surface area (Å²) in [5.41, 5.74) is 2.73. The van der Waals surface area contributed by atoms with E-state index in [1.165, 1.54) is 29.5 Å². The van der Waals surface area contributed by atoms with Gasteiger partial charge in [0.2, 0.25) is 0 Å². The van der Waals surface area contributed by atoms with Crippen LogP contribution in [-0.2, 0) is 0 Å². The number of rotatable bonds is 4. The van der Waals surface area contributed by atoms with Gasteiger partial charge in [-0.2, -0.15) is 0 Å². The zero-order valence-electron chi connectivity index (χ0n) is 12.5. The van der Waals surface area contributed by atoms with Gasteiger partial charge in [-0.05, 0) is 19.1 Å². The van der Waals surface area contributed by atoms with Gasteiger partial charge in [0.05, 0.1) is 15.5 Å². The van der Waals surface area contributed by atoms with E-state index in [4.69, 9.17) is 0 Å². The maximum Gasteiger partial charge on any atom is 0.272 e. The Morgan fingerprint density at radius 2 is 1.62 bits per heavy atom. The summed E-state index contributed by atoms with van der Waals surface area (Å²) in [6.45, 7) is 1.69. The van der Waals surface area contributed by atoms with Crippen molar-refractivity contribution in [2.45, 2.75) is 6.92 Å². The predicted octanol–water partition coefficient (Wildman–Crippen LogP) is 4.60. The standard InChI is InChI=1S/C16H11N3O4S/c1-10-2-3-12(8-15(10)19(22)23)14-9-24-16(17-14)11-4-6-13(7-5-11)18(20)21/h2-9H,1H3. The van der Waals surface area contributed by atoms with Crippen LogP contribution >= 0.6 is 11.3 Å². The molecular formula is C16H11N3O4S. The van der Waals surface area contributed by atoms with Crippen molar-refractivity contribution in [2.75, 3.05) is 0 Å². The lowest BCUT2D eigenvalue weighted by Gasteiger charge is -2.00. The molecule has 2 aromatic carbocycles. The fourth-order valence-corrected chi connectivity index (χ4v) is 3.07. The van der Waals surface area contributed by atoms with Gasteiger partial charge in [0, 0.05) is 40.3 Å². The number of nitrogens with zero attached hydrogens (tertiary/aromatic N) is 3. The minimum atomic E-state index is -0.456. The summed E-state index contributed by atoms with van der Waals surface area (Å²) in [7, 11) is 0. The van der Waals surface area contributed by atoms with Gasteiger partial charge in [-0.1, -0.05) is 12.1 Å². The van der Waals surface area contributed by atoms with Crippen molar-refractivity contribution in [3.8, 4) is 21.8 Å². The van der Waals surface area contributed by atoms with Gasteiger partial charge in [0.1, 0.15) is 5.01 Å². The molecule has 0 saturated carbocycles. The van der Waals surface area contributed by atoms with Crippen LogP contribution < -0.4 is 0 Å². The monoisotopic (exact) mass is 341 g/mol. The van der Waals surface area contributed by atoms with Crippen molar-refractivity contribution in [3.05, 3.63) is 73.6 Å². The third-order valence-electron chi connectivity index (χ3n) is 3.53. The number of aryl methyl sites for hydroxylation is 1. The normalized spacial score (nSPS) is 10.5. The van der Waals surface area contributed by atoms with Crippen molar-refractivity contribution in [1.29, 1.82) is 0 Å². The van der Waals surface area contributed by atoms with Crippen molar-refractivity contribution in [2.24, 2.45) is 0 Å². The fraction of sp³-hybridized carbons (Fsp3) is 0.0625. The second kappa shape index (κ2) is 6.17. The molecule has 0 aliphatic rings. The van der Waals surface area contributed by atoms with Gasteiger partial charge < -0.3 is 0 Å². The number of hydrogen-bond donors (Lipinski definition) is 0. The highest BCUT2D eigenvalue weighted by molar-refractivity contribution is 7.13. The van der Waals surface area contributed by atoms with Crippen LogP contribution in [0.15, 0.2) is 47.8 Å². The molecular weight excluding hydrogens is 330 g/mol. The second-order valence-electron chi connectivity index (χ2n) is 5.10. The van der Waals surface area contributed by atoms with E-state index in [-0.39, 0.29) is 11.4 Å². The Morgan fingerprint density at radius 1 is 0.958 bits per heavy atom. The maximum atomic E-state index is 11.1. The molecule has 3 aromatic rings. The minimum Gasteiger partial charge on any atom is -0.258 e. The molecule has 1 aromatic heterocycles. The lowest BCUT2D eigenvalue weighted by molar-refractivity contribution is -0.385. The largest absolute Gasteiger partial charge is 0.272 e. The number of aromatic nitrogens is 1. The fourth-order valence-electron chi connectivity index (χ4n) is 2.23. The lowest BCUT2D eigenvalue weighted by atomic mass is 10.1. The first-order valence-electron chi connectivity index (χ1n) is 6.91. The van der Waals surface area contributed by atoms with E-state index in [2.05, 4.69) is 4.98 Å². The third kappa shape index (κ3) is 2.99. The third-order valence-corrected chi connectivity index (χ3v) is 4.42. The van der Waals surface area contributed by atoms with E-state index in [9.17, 15) is 20.2 Å². The van der Waals surface area contributed by atoms with Crippen molar-refractivity contribution < 1.29 is 9.85 Å². The molecule has 0 aliphatic heterocycles. The van der Waals surface area contributed by atoms with Crippen LogP contribution in [0, 0.1) is 27.2 Å². The molecule has 3 rings (SSSR count). The molecule has 0 amide bonds. The number of nitro benzene ring substituents is 2. The molecule has 0 atom stereocenters. The van der Waals surface area contributed by atoms with Gasteiger partial charge in [0.15, 0.2) is 0 Å². The quantitative estimate of drug-likeness (QED) is 0.510. The number of nitro groups is 2. The van der Waals surface area contributed by atoms with E-state index < -0.39 is 9.85 Å². The predicted molar refractivity (Wildman–Crippen MR) is 91.0 cm³/mol. The first-order valence-corrected chi connectivity index (χ1v) is 7.79. The van der Waals surface area contributed by atoms with E-state index in [1.807, 2.05) is 5.38 Å². The molecule has 0 saturated heterocycles. The van der Waals surface area contributed by atoms with Crippen LogP contribution in [-0.4, -0.2) is 14.8 Å². The van der Waals surface area contributed by atoms with Gasteiger partial charge in [-0.25, -0.2) is 4.98 Å². The summed E-state index contributed by atoms with van der Waals surface area (Å²) in [5, 5.41) is 24.2. The summed E-state index contributed by atoms with van der Waals surface area (Å²) in [6, 6.07) is 11.1. The number of hydrogen-bond acceptors (Lipinski definition) is 6. The Kier molecular flexibility index (Phi) is 4.05. The molecule has 0 fully saturated rings. The van der Waals surface area contributed by atoms with Crippen LogP contribution in [0.5, 0.6) is 0 Å². The Labute approximate surface area is 140 Å². The molecule has 0 N–H and O–H groups in total. The highest BCUT2D eigenvalue weighted by atomic mass is 32.1. The summed E-state index contributed by atoms with van der Waals surface area (Å²) in [4.78, 5) is 25.4. The Bertz CT molecular complexity index is 935. The first-order chi connectivity index (χ1) is 11.5. The number of non-ortho nitro benzene ring substituents is 1. The molecule has 1 heterocycles. The average Bonchev–Trinajstić information content (AvgIpc) is 3.05. The van der Waals surface area contributed by atoms with Crippen LogP contribution in [0.4, 0.5) is 11.4 Å². The topological polar surface area (TPSA) is 99.2 Å². The number of benzene rings is 2. The van der Waals surface area contributed by atoms with Crippen molar-refractivity contribution in [1.82, 2.24) is 4.98 Å². The summed E-state index contributed by atoms with van der Waals surface area (Å²) < 4.78 is 0. The van der Waals surface area contributed by atoms with Gasteiger partial charge >= 0.3 is 0 Å². The maximum absolute atomic E-state index is 11.1. The molecule has 0 spiro atoms. The first kappa shape index (κ1) is 15.8. The number of thiazole rings is 1. The molecule has 8 heteroatoms.